The van der Waals surface area contributed by atoms with Crippen molar-refractivity contribution in [1.29, 1.82) is 0 Å². The average Bonchev–Trinajstić information content (AvgIpc) is 2.53. The predicted octanol–water partition coefficient (Wildman–Crippen LogP) is 2.06. The summed E-state index contributed by atoms with van der Waals surface area (Å²) in [4.78, 5) is 0. The van der Waals surface area contributed by atoms with Gasteiger partial charge in [-0.25, -0.2) is 0 Å². The molecule has 13 heavy (non-hydrogen) atoms. The molecule has 2 nitrogen and oxygen atoms in total. The van der Waals surface area contributed by atoms with Gasteiger partial charge in [0.25, 0.3) is 0 Å². The highest BCUT2D eigenvalue weighted by Crippen LogP contribution is 2.29. The Balaban J connectivity index is 2.20. The van der Waals surface area contributed by atoms with Crippen molar-refractivity contribution in [3.63, 3.8) is 0 Å². The molecular formula is C11H15NO. The van der Waals surface area contributed by atoms with E-state index >= 15 is 0 Å². The highest BCUT2D eigenvalue weighted by molar-refractivity contribution is 5.28. The zero-order valence-electron chi connectivity index (χ0n) is 7.83. The standard InChI is InChI=1S/C11H15NO/c1-8-6-7-12-11(8)9-2-4-10(13)5-3-9/h2-5,8,11-13H,6-7H2,1H3/t8-,11-/m0/s1. The van der Waals surface area contributed by atoms with E-state index in [2.05, 4.69) is 12.2 Å². The van der Waals surface area contributed by atoms with Crippen LogP contribution < -0.4 is 5.32 Å². The Morgan fingerprint density at radius 3 is 2.54 bits per heavy atom. The fourth-order valence-electron chi connectivity index (χ4n) is 1.96. The number of rotatable bonds is 1. The molecule has 1 aromatic rings. The summed E-state index contributed by atoms with van der Waals surface area (Å²) in [5, 5.41) is 12.6. The van der Waals surface area contributed by atoms with Crippen LogP contribution in [-0.2, 0) is 0 Å². The molecule has 1 fully saturated rings. The summed E-state index contributed by atoms with van der Waals surface area (Å²) in [7, 11) is 0. The Kier molecular flexibility index (Phi) is 2.23. The van der Waals surface area contributed by atoms with E-state index in [1.165, 1.54) is 12.0 Å². The van der Waals surface area contributed by atoms with E-state index in [0.29, 0.717) is 17.7 Å². The van der Waals surface area contributed by atoms with Crippen molar-refractivity contribution in [3.8, 4) is 5.75 Å². The number of nitrogens with one attached hydrogen (secondary N) is 1. The molecule has 1 aromatic carbocycles. The molecule has 0 saturated carbocycles. The lowest BCUT2D eigenvalue weighted by molar-refractivity contribution is 0.472. The van der Waals surface area contributed by atoms with Crippen molar-refractivity contribution < 1.29 is 5.11 Å². The van der Waals surface area contributed by atoms with Gasteiger partial charge in [-0.15, -0.1) is 0 Å². The van der Waals surface area contributed by atoms with Gasteiger partial charge in [0.1, 0.15) is 5.75 Å². The molecule has 1 heterocycles. The van der Waals surface area contributed by atoms with Crippen molar-refractivity contribution in [2.75, 3.05) is 6.54 Å². The molecule has 2 atom stereocenters. The van der Waals surface area contributed by atoms with Crippen LogP contribution in [0.2, 0.25) is 0 Å². The maximum absolute atomic E-state index is 9.14. The molecule has 2 rings (SSSR count). The van der Waals surface area contributed by atoms with E-state index in [1.807, 2.05) is 12.1 Å². The van der Waals surface area contributed by atoms with Crippen LogP contribution in [0.4, 0.5) is 0 Å². The van der Waals surface area contributed by atoms with Gasteiger partial charge in [-0.2, -0.15) is 0 Å². The Morgan fingerprint density at radius 1 is 1.31 bits per heavy atom. The van der Waals surface area contributed by atoms with Gasteiger partial charge in [0.05, 0.1) is 0 Å². The van der Waals surface area contributed by atoms with Crippen molar-refractivity contribution in [1.82, 2.24) is 5.32 Å². The fourth-order valence-corrected chi connectivity index (χ4v) is 1.96. The quantitative estimate of drug-likeness (QED) is 0.688. The van der Waals surface area contributed by atoms with Gasteiger partial charge in [-0.1, -0.05) is 19.1 Å². The summed E-state index contributed by atoms with van der Waals surface area (Å²) < 4.78 is 0. The van der Waals surface area contributed by atoms with E-state index in [-0.39, 0.29) is 0 Å². The second-order valence-electron chi connectivity index (χ2n) is 3.79. The number of phenolic OH excluding ortho intramolecular Hbond substituents is 1. The Labute approximate surface area is 78.6 Å². The fraction of sp³-hybridized carbons (Fsp3) is 0.455. The minimum atomic E-state index is 0.342. The molecule has 0 aromatic heterocycles. The Hall–Kier alpha value is -1.02. The zero-order chi connectivity index (χ0) is 9.26. The maximum atomic E-state index is 9.14. The second kappa shape index (κ2) is 3.38. The average molecular weight is 177 g/mol. The summed E-state index contributed by atoms with van der Waals surface area (Å²) in [5.74, 6) is 1.04. The van der Waals surface area contributed by atoms with Gasteiger partial charge in [0.15, 0.2) is 0 Å². The van der Waals surface area contributed by atoms with Gasteiger partial charge in [-0.3, -0.25) is 0 Å². The van der Waals surface area contributed by atoms with Gasteiger partial charge < -0.3 is 10.4 Å². The molecule has 0 unspecified atom stereocenters. The normalized spacial score (nSPS) is 27.8. The molecule has 0 radical (unpaired) electrons. The van der Waals surface area contributed by atoms with E-state index in [0.717, 1.165) is 6.54 Å². The summed E-state index contributed by atoms with van der Waals surface area (Å²) in [6.45, 7) is 3.37. The first kappa shape index (κ1) is 8.57. The van der Waals surface area contributed by atoms with E-state index in [9.17, 15) is 0 Å². The van der Waals surface area contributed by atoms with E-state index < -0.39 is 0 Å². The summed E-state index contributed by atoms with van der Waals surface area (Å²) in [5.41, 5.74) is 1.28. The van der Waals surface area contributed by atoms with Crippen LogP contribution in [0.25, 0.3) is 0 Å². The van der Waals surface area contributed by atoms with Gasteiger partial charge in [0.2, 0.25) is 0 Å². The summed E-state index contributed by atoms with van der Waals surface area (Å²) >= 11 is 0. The minimum Gasteiger partial charge on any atom is -0.508 e. The van der Waals surface area contributed by atoms with Crippen molar-refractivity contribution in [2.24, 2.45) is 5.92 Å². The maximum Gasteiger partial charge on any atom is 0.115 e. The Bertz CT molecular complexity index is 281. The minimum absolute atomic E-state index is 0.342. The molecule has 0 amide bonds. The van der Waals surface area contributed by atoms with Crippen LogP contribution in [0.3, 0.4) is 0 Å². The molecule has 2 N–H and O–H groups in total. The van der Waals surface area contributed by atoms with Crippen LogP contribution in [0.15, 0.2) is 24.3 Å². The van der Waals surface area contributed by atoms with Gasteiger partial charge >= 0.3 is 0 Å². The molecule has 70 valence electrons. The first-order valence-corrected chi connectivity index (χ1v) is 4.79. The van der Waals surface area contributed by atoms with Crippen LogP contribution in [0, 0.1) is 5.92 Å². The third kappa shape index (κ3) is 1.68. The molecule has 2 heteroatoms. The SMILES string of the molecule is C[C@H]1CCN[C@@H]1c1ccc(O)cc1. The molecule has 1 aliphatic rings. The number of phenols is 1. The number of benzene rings is 1. The van der Waals surface area contributed by atoms with Gasteiger partial charge in [-0.05, 0) is 36.6 Å². The van der Waals surface area contributed by atoms with Crippen LogP contribution in [-0.4, -0.2) is 11.7 Å². The molecule has 1 aliphatic heterocycles. The second-order valence-corrected chi connectivity index (χ2v) is 3.79. The summed E-state index contributed by atoms with van der Waals surface area (Å²) in [6.07, 6.45) is 1.24. The molecule has 0 spiro atoms. The first-order chi connectivity index (χ1) is 6.27. The molecule has 0 aliphatic carbocycles. The van der Waals surface area contributed by atoms with Gasteiger partial charge in [0, 0.05) is 6.04 Å². The number of hydrogen-bond acceptors (Lipinski definition) is 2. The third-order valence-electron chi connectivity index (χ3n) is 2.79. The van der Waals surface area contributed by atoms with Crippen molar-refractivity contribution in [2.45, 2.75) is 19.4 Å². The van der Waals surface area contributed by atoms with E-state index in [1.54, 1.807) is 12.1 Å². The first-order valence-electron chi connectivity index (χ1n) is 4.79. The molecule has 0 bridgehead atoms. The Morgan fingerprint density at radius 2 is 2.00 bits per heavy atom. The topological polar surface area (TPSA) is 32.3 Å². The predicted molar refractivity (Wildman–Crippen MR) is 52.6 cm³/mol. The zero-order valence-corrected chi connectivity index (χ0v) is 7.83. The van der Waals surface area contributed by atoms with E-state index in [4.69, 9.17) is 5.11 Å². The molecular weight excluding hydrogens is 162 g/mol. The van der Waals surface area contributed by atoms with Crippen molar-refractivity contribution in [3.05, 3.63) is 29.8 Å². The highest BCUT2D eigenvalue weighted by Gasteiger charge is 2.23. The largest absolute Gasteiger partial charge is 0.508 e. The highest BCUT2D eigenvalue weighted by atomic mass is 16.3. The smallest absolute Gasteiger partial charge is 0.115 e. The monoisotopic (exact) mass is 177 g/mol. The molecule has 1 saturated heterocycles. The lowest BCUT2D eigenvalue weighted by Crippen LogP contribution is -2.16. The lowest BCUT2D eigenvalue weighted by Gasteiger charge is -2.15. The number of aromatic hydroxyl groups is 1. The summed E-state index contributed by atoms with van der Waals surface area (Å²) in [6, 6.07) is 7.97. The van der Waals surface area contributed by atoms with Crippen molar-refractivity contribution >= 4 is 0 Å². The number of hydrogen-bond donors (Lipinski definition) is 2. The third-order valence-corrected chi connectivity index (χ3v) is 2.79. The van der Waals surface area contributed by atoms with Crippen LogP contribution in [0.1, 0.15) is 24.9 Å². The van der Waals surface area contributed by atoms with Crippen LogP contribution in [0.5, 0.6) is 5.75 Å². The van der Waals surface area contributed by atoms with Crippen LogP contribution >= 0.6 is 0 Å². The lowest BCUT2D eigenvalue weighted by atomic mass is 9.96.